The fraction of sp³-hybridized carbons (Fsp3) is 0.0769. The Kier molecular flexibility index (Phi) is 5.33. The van der Waals surface area contributed by atoms with E-state index in [9.17, 15) is 4.79 Å². The molecule has 104 valence electrons. The number of amides is 1. The van der Waals surface area contributed by atoms with Crippen molar-refractivity contribution in [2.75, 3.05) is 12.4 Å². The number of hydrogen-bond acceptors (Lipinski definition) is 4. The molecule has 2 rings (SSSR count). The van der Waals surface area contributed by atoms with Crippen molar-refractivity contribution in [2.24, 2.45) is 0 Å². The molecule has 1 heterocycles. The number of methoxy groups -OCH3 is 1. The molecule has 0 bridgehead atoms. The minimum atomic E-state index is -0.238. The van der Waals surface area contributed by atoms with Crippen LogP contribution in [-0.2, 0) is 4.79 Å². The van der Waals surface area contributed by atoms with Gasteiger partial charge in [0.05, 0.1) is 11.6 Å². The van der Waals surface area contributed by atoms with Crippen molar-refractivity contribution in [3.05, 3.63) is 44.3 Å². The molecule has 0 saturated carbocycles. The van der Waals surface area contributed by atoms with Gasteiger partial charge in [-0.05, 0) is 34.1 Å². The molecule has 0 aliphatic carbocycles. The molecule has 7 heteroatoms. The minimum Gasteiger partial charge on any atom is -0.495 e. The Morgan fingerprint density at radius 3 is 2.90 bits per heavy atom. The van der Waals surface area contributed by atoms with Gasteiger partial charge in [0.2, 0.25) is 5.91 Å². The molecule has 0 radical (unpaired) electrons. The number of thiazole rings is 1. The molecule has 0 fully saturated rings. The quantitative estimate of drug-likeness (QED) is 0.753. The van der Waals surface area contributed by atoms with Crippen LogP contribution >= 0.6 is 43.2 Å². The van der Waals surface area contributed by atoms with Gasteiger partial charge in [0.1, 0.15) is 5.75 Å². The normalized spacial score (nSPS) is 10.8. The van der Waals surface area contributed by atoms with E-state index in [-0.39, 0.29) is 5.91 Å². The number of anilines is 1. The lowest BCUT2D eigenvalue weighted by molar-refractivity contribution is -0.111. The third kappa shape index (κ3) is 3.91. The summed E-state index contributed by atoms with van der Waals surface area (Å²) >= 11 is 8.19. The molecule has 0 aliphatic rings. The Labute approximate surface area is 137 Å². The molecule has 0 unspecified atom stereocenters. The minimum absolute atomic E-state index is 0.238. The second-order valence-electron chi connectivity index (χ2n) is 3.67. The van der Waals surface area contributed by atoms with Gasteiger partial charge in [0.15, 0.2) is 5.13 Å². The molecule has 20 heavy (non-hydrogen) atoms. The Hall–Kier alpha value is -1.18. The fourth-order valence-corrected chi connectivity index (χ4v) is 3.47. The maximum Gasteiger partial charge on any atom is 0.250 e. The van der Waals surface area contributed by atoms with E-state index in [4.69, 9.17) is 4.74 Å². The Bertz CT molecular complexity index is 642. The lowest BCUT2D eigenvalue weighted by Crippen LogP contribution is -2.07. The number of benzene rings is 1. The van der Waals surface area contributed by atoms with Crippen molar-refractivity contribution >= 4 is 60.3 Å². The second kappa shape index (κ2) is 7.01. The number of rotatable bonds is 4. The summed E-state index contributed by atoms with van der Waals surface area (Å²) in [5.41, 5.74) is 0.794. The predicted molar refractivity (Wildman–Crippen MR) is 88.2 cm³/mol. The van der Waals surface area contributed by atoms with E-state index < -0.39 is 0 Å². The first kappa shape index (κ1) is 15.2. The van der Waals surface area contributed by atoms with E-state index in [2.05, 4.69) is 42.2 Å². The molecule has 2 aromatic rings. The van der Waals surface area contributed by atoms with Crippen LogP contribution in [0.15, 0.2) is 38.7 Å². The van der Waals surface area contributed by atoms with E-state index >= 15 is 0 Å². The molecule has 0 saturated heterocycles. The van der Waals surface area contributed by atoms with Crippen molar-refractivity contribution in [1.29, 1.82) is 0 Å². The zero-order chi connectivity index (χ0) is 14.5. The highest BCUT2D eigenvalue weighted by Crippen LogP contribution is 2.33. The number of halogens is 2. The van der Waals surface area contributed by atoms with Gasteiger partial charge in [-0.15, -0.1) is 11.3 Å². The summed E-state index contributed by atoms with van der Waals surface area (Å²) in [6.07, 6.45) is 4.77. The first-order chi connectivity index (χ1) is 9.60. The van der Waals surface area contributed by atoms with Gasteiger partial charge in [-0.1, -0.05) is 15.9 Å². The molecule has 4 nitrogen and oxygen atoms in total. The van der Waals surface area contributed by atoms with Gasteiger partial charge >= 0.3 is 0 Å². The number of nitrogens with one attached hydrogen (secondary N) is 1. The molecule has 1 N–H and O–H groups in total. The van der Waals surface area contributed by atoms with E-state index in [1.54, 1.807) is 24.8 Å². The summed E-state index contributed by atoms with van der Waals surface area (Å²) in [5.74, 6) is 0.435. The second-order valence-corrected chi connectivity index (χ2v) is 6.33. The van der Waals surface area contributed by atoms with Gasteiger partial charge < -0.3 is 4.74 Å². The zero-order valence-corrected chi connectivity index (χ0v) is 14.4. The summed E-state index contributed by atoms with van der Waals surface area (Å²) in [5, 5.41) is 5.05. The lowest BCUT2D eigenvalue weighted by Gasteiger charge is -2.08. The Morgan fingerprint density at radius 1 is 1.45 bits per heavy atom. The summed E-state index contributed by atoms with van der Waals surface area (Å²) in [4.78, 5) is 15.7. The highest BCUT2D eigenvalue weighted by molar-refractivity contribution is 9.11. The van der Waals surface area contributed by atoms with E-state index in [1.165, 1.54) is 17.4 Å². The topological polar surface area (TPSA) is 51.2 Å². The number of carbonyl (C=O) groups is 1. The molecular formula is C13H10Br2N2O2S. The summed E-state index contributed by atoms with van der Waals surface area (Å²) in [6.45, 7) is 0. The van der Waals surface area contributed by atoms with Gasteiger partial charge in [0.25, 0.3) is 0 Å². The Morgan fingerprint density at radius 2 is 2.25 bits per heavy atom. The van der Waals surface area contributed by atoms with Crippen LogP contribution in [0.5, 0.6) is 5.75 Å². The predicted octanol–water partition coefficient (Wildman–Crippen LogP) is 4.33. The molecule has 0 spiro atoms. The highest BCUT2D eigenvalue weighted by Gasteiger charge is 2.07. The van der Waals surface area contributed by atoms with Crippen molar-refractivity contribution in [2.45, 2.75) is 0 Å². The van der Waals surface area contributed by atoms with Crippen LogP contribution in [0.2, 0.25) is 0 Å². The molecule has 1 aromatic heterocycles. The molecular weight excluding hydrogens is 408 g/mol. The van der Waals surface area contributed by atoms with Crippen molar-refractivity contribution in [1.82, 2.24) is 4.98 Å². The van der Waals surface area contributed by atoms with E-state index in [1.807, 2.05) is 12.1 Å². The standard InChI is InChI=1S/C13H10Br2N2O2S/c1-19-12-8(6-9(14)7-10(12)15)2-3-11(18)17-13-16-4-5-20-13/h2-7H,1H3,(H,16,17,18)/b3-2+. The third-order valence-corrected chi connectivity index (χ3v) is 4.05. The van der Waals surface area contributed by atoms with Crippen LogP contribution < -0.4 is 10.1 Å². The summed E-state index contributed by atoms with van der Waals surface area (Å²) < 4.78 is 7.02. The first-order valence-electron chi connectivity index (χ1n) is 5.51. The number of carbonyl (C=O) groups excluding carboxylic acids is 1. The summed E-state index contributed by atoms with van der Waals surface area (Å²) in [7, 11) is 1.58. The van der Waals surface area contributed by atoms with Crippen LogP contribution in [0, 0.1) is 0 Å². The molecule has 1 aromatic carbocycles. The van der Waals surface area contributed by atoms with Crippen molar-refractivity contribution in [3.63, 3.8) is 0 Å². The van der Waals surface area contributed by atoms with Crippen LogP contribution in [0.25, 0.3) is 6.08 Å². The number of ether oxygens (including phenoxy) is 1. The SMILES string of the molecule is COc1c(Br)cc(Br)cc1/C=C/C(=O)Nc1nccs1. The number of aromatic nitrogens is 1. The average molecular weight is 418 g/mol. The zero-order valence-electron chi connectivity index (χ0n) is 10.4. The molecule has 1 amide bonds. The first-order valence-corrected chi connectivity index (χ1v) is 7.98. The van der Waals surface area contributed by atoms with Crippen molar-refractivity contribution in [3.8, 4) is 5.75 Å². The fourth-order valence-electron chi connectivity index (χ4n) is 1.52. The smallest absolute Gasteiger partial charge is 0.250 e. The molecule has 0 aliphatic heterocycles. The monoisotopic (exact) mass is 416 g/mol. The van der Waals surface area contributed by atoms with E-state index in [0.717, 1.165) is 14.5 Å². The van der Waals surface area contributed by atoms with Gasteiger partial charge in [-0.3, -0.25) is 10.1 Å². The largest absolute Gasteiger partial charge is 0.495 e. The molecule has 0 atom stereocenters. The maximum atomic E-state index is 11.8. The van der Waals surface area contributed by atoms with Crippen LogP contribution in [0.3, 0.4) is 0 Å². The number of nitrogens with zero attached hydrogens (tertiary/aromatic N) is 1. The van der Waals surface area contributed by atoms with Gasteiger partial charge in [-0.2, -0.15) is 0 Å². The van der Waals surface area contributed by atoms with E-state index in [0.29, 0.717) is 10.9 Å². The maximum absolute atomic E-state index is 11.8. The summed E-state index contributed by atoms with van der Waals surface area (Å²) in [6, 6.07) is 3.75. The lowest BCUT2D eigenvalue weighted by atomic mass is 10.2. The average Bonchev–Trinajstić information content (AvgIpc) is 2.88. The highest BCUT2D eigenvalue weighted by atomic mass is 79.9. The number of hydrogen-bond donors (Lipinski definition) is 1. The van der Waals surface area contributed by atoms with Crippen LogP contribution in [0.4, 0.5) is 5.13 Å². The van der Waals surface area contributed by atoms with Crippen LogP contribution in [0.1, 0.15) is 5.56 Å². The Balaban J connectivity index is 2.16. The van der Waals surface area contributed by atoms with Gasteiger partial charge in [-0.25, -0.2) is 4.98 Å². The van der Waals surface area contributed by atoms with Gasteiger partial charge in [0, 0.05) is 27.7 Å². The third-order valence-electron chi connectivity index (χ3n) is 2.32. The van der Waals surface area contributed by atoms with Crippen LogP contribution in [-0.4, -0.2) is 18.0 Å². The van der Waals surface area contributed by atoms with Crippen molar-refractivity contribution < 1.29 is 9.53 Å².